The predicted octanol–water partition coefficient (Wildman–Crippen LogP) is 5.83. The molecular weight excluding hydrogens is 428 g/mol. The Morgan fingerprint density at radius 1 is 0.714 bits per heavy atom. The minimum Gasteiger partial charge on any atom is -0.358 e. The zero-order valence-corrected chi connectivity index (χ0v) is 21.2. The van der Waals surface area contributed by atoms with Gasteiger partial charge in [0, 0.05) is 43.8 Å². The summed E-state index contributed by atoms with van der Waals surface area (Å²) < 4.78 is 0.775. The maximum absolute atomic E-state index is 2.52. The first-order chi connectivity index (χ1) is 16.8. The average molecular weight is 462 g/mol. The van der Waals surface area contributed by atoms with Crippen LogP contribution in [-0.2, 0) is 10.8 Å². The summed E-state index contributed by atoms with van der Waals surface area (Å²) in [5.74, 6) is 0. The highest BCUT2D eigenvalue weighted by atomic mass is 15.5. The van der Waals surface area contributed by atoms with Crippen molar-refractivity contribution in [2.24, 2.45) is 0 Å². The normalized spacial score (nSPS) is 33.8. The molecule has 4 nitrogen and oxygen atoms in total. The Labute approximate surface area is 208 Å². The number of hydrogen-bond acceptors (Lipinski definition) is 3. The van der Waals surface area contributed by atoms with E-state index in [1.165, 1.54) is 33.6 Å². The van der Waals surface area contributed by atoms with Gasteiger partial charge in [-0.05, 0) is 29.7 Å². The molecule has 4 aliphatic rings. The predicted molar refractivity (Wildman–Crippen MR) is 145 cm³/mol. The molecule has 3 unspecified atom stereocenters. The van der Waals surface area contributed by atoms with Gasteiger partial charge in [-0.15, -0.1) is 0 Å². The Balaban J connectivity index is 1.58. The molecule has 0 spiro atoms. The third kappa shape index (κ3) is 2.27. The largest absolute Gasteiger partial charge is 0.358 e. The number of fused-ring (bicyclic) bond motifs is 11. The van der Waals surface area contributed by atoms with Crippen LogP contribution in [0.1, 0.15) is 25.0 Å². The Hall–Kier alpha value is -3.50. The van der Waals surface area contributed by atoms with Gasteiger partial charge < -0.3 is 14.7 Å². The number of rotatable bonds is 1. The second kappa shape index (κ2) is 6.58. The van der Waals surface area contributed by atoms with Gasteiger partial charge in [0.2, 0.25) is 0 Å². The average Bonchev–Trinajstić information content (AvgIpc) is 3.43. The van der Waals surface area contributed by atoms with Crippen LogP contribution in [0.15, 0.2) is 97.6 Å². The van der Waals surface area contributed by atoms with Crippen LogP contribution in [0.4, 0.5) is 11.4 Å². The molecule has 5 atom stereocenters. The van der Waals surface area contributed by atoms with Crippen molar-refractivity contribution in [1.29, 1.82) is 0 Å². The van der Waals surface area contributed by atoms with Crippen molar-refractivity contribution in [2.45, 2.75) is 37.0 Å². The third-order valence-electron chi connectivity index (χ3n) is 9.65. The zero-order chi connectivity index (χ0) is 24.2. The molecule has 0 fully saturated rings. The summed E-state index contributed by atoms with van der Waals surface area (Å²) in [6.07, 6.45) is 9.65. The summed E-state index contributed by atoms with van der Waals surface area (Å²) in [7, 11) is 6.89. The number of anilines is 1. The van der Waals surface area contributed by atoms with Crippen molar-refractivity contribution in [2.75, 3.05) is 26.0 Å². The van der Waals surface area contributed by atoms with Gasteiger partial charge >= 0.3 is 0 Å². The molecule has 0 amide bonds. The van der Waals surface area contributed by atoms with E-state index in [-0.39, 0.29) is 23.2 Å². The molecule has 7 rings (SSSR count). The number of quaternary nitrogens is 1. The van der Waals surface area contributed by atoms with Crippen LogP contribution in [-0.4, -0.2) is 43.3 Å². The van der Waals surface area contributed by atoms with E-state index in [2.05, 4.69) is 147 Å². The van der Waals surface area contributed by atoms with E-state index in [9.17, 15) is 0 Å². The molecule has 35 heavy (non-hydrogen) atoms. The quantitative estimate of drug-likeness (QED) is 0.423. The van der Waals surface area contributed by atoms with E-state index in [1.807, 2.05) is 0 Å². The molecule has 4 heteroatoms. The first-order valence-electron chi connectivity index (χ1n) is 12.6. The van der Waals surface area contributed by atoms with Gasteiger partial charge in [-0.2, -0.15) is 0 Å². The Morgan fingerprint density at radius 2 is 1.46 bits per heavy atom. The first-order valence-corrected chi connectivity index (χ1v) is 12.6. The second-order valence-electron chi connectivity index (χ2n) is 11.2. The van der Waals surface area contributed by atoms with E-state index >= 15 is 0 Å². The minimum absolute atomic E-state index is 0.140. The highest BCUT2D eigenvalue weighted by Crippen LogP contribution is 2.65. The number of likely N-dealkylation sites (N-methyl/N-ethyl adjacent to an activating group) is 3. The highest BCUT2D eigenvalue weighted by molar-refractivity contribution is 5.77. The van der Waals surface area contributed by atoms with E-state index in [0.29, 0.717) is 0 Å². The van der Waals surface area contributed by atoms with Gasteiger partial charge in [-0.25, -0.2) is 4.48 Å². The topological polar surface area (TPSA) is 9.72 Å². The third-order valence-corrected chi connectivity index (χ3v) is 9.65. The summed E-state index contributed by atoms with van der Waals surface area (Å²) in [5, 5.41) is 0. The molecular formula is C31H33N4+. The summed E-state index contributed by atoms with van der Waals surface area (Å²) in [5.41, 5.74) is 7.85. The van der Waals surface area contributed by atoms with E-state index in [0.717, 1.165) is 4.48 Å². The van der Waals surface area contributed by atoms with Crippen LogP contribution in [0.2, 0.25) is 0 Å². The molecule has 4 heterocycles. The first kappa shape index (κ1) is 20.8. The number of hydrogen-bond donors (Lipinski definition) is 0. The molecule has 4 aliphatic heterocycles. The Bertz CT molecular complexity index is 1410. The van der Waals surface area contributed by atoms with E-state index in [1.54, 1.807) is 0 Å². The fourth-order valence-corrected chi connectivity index (χ4v) is 8.07. The van der Waals surface area contributed by atoms with Gasteiger partial charge in [-0.3, -0.25) is 0 Å². The smallest absolute Gasteiger partial charge is 0.183 e. The second-order valence-corrected chi connectivity index (χ2v) is 11.2. The van der Waals surface area contributed by atoms with Gasteiger partial charge in [0.1, 0.15) is 18.1 Å². The van der Waals surface area contributed by atoms with Crippen molar-refractivity contribution < 1.29 is 0 Å². The Kier molecular flexibility index (Phi) is 3.92. The fourth-order valence-electron chi connectivity index (χ4n) is 8.07. The highest BCUT2D eigenvalue weighted by Gasteiger charge is 2.72. The monoisotopic (exact) mass is 461 g/mol. The number of para-hydroxylation sites is 1. The van der Waals surface area contributed by atoms with Crippen LogP contribution < -0.4 is 9.38 Å². The molecule has 3 aromatic carbocycles. The lowest BCUT2D eigenvalue weighted by atomic mass is 9.50. The van der Waals surface area contributed by atoms with Crippen molar-refractivity contribution in [3.63, 3.8) is 0 Å². The van der Waals surface area contributed by atoms with Crippen LogP contribution in [0.5, 0.6) is 0 Å². The SMILES string of the molecule is CN1C=C[N+]2(C)c3cc(-c4ccccc4)ccc3C3(C)[C@H]4N(C)C=CN4c4ccccc4[C@]3(C)C12. The molecule has 0 aliphatic carbocycles. The van der Waals surface area contributed by atoms with Crippen LogP contribution >= 0.6 is 0 Å². The van der Waals surface area contributed by atoms with Gasteiger partial charge in [0.25, 0.3) is 0 Å². The summed E-state index contributed by atoms with van der Waals surface area (Å²) in [6.45, 7) is 5.04. The minimum atomic E-state index is -0.160. The molecule has 0 saturated heterocycles. The van der Waals surface area contributed by atoms with Crippen molar-refractivity contribution in [3.05, 3.63) is 109 Å². The fraction of sp³-hybridized carbons (Fsp3) is 0.290. The van der Waals surface area contributed by atoms with Crippen LogP contribution in [0.3, 0.4) is 0 Å². The van der Waals surface area contributed by atoms with Crippen LogP contribution in [0, 0.1) is 0 Å². The van der Waals surface area contributed by atoms with E-state index in [4.69, 9.17) is 0 Å². The van der Waals surface area contributed by atoms with Crippen molar-refractivity contribution in [3.8, 4) is 11.1 Å². The number of benzene rings is 3. The van der Waals surface area contributed by atoms with Crippen molar-refractivity contribution >= 4 is 11.4 Å². The molecule has 0 bridgehead atoms. The lowest BCUT2D eigenvalue weighted by molar-refractivity contribution is 0.00140. The molecule has 0 N–H and O–H groups in total. The van der Waals surface area contributed by atoms with E-state index < -0.39 is 0 Å². The lowest BCUT2D eigenvalue weighted by Gasteiger charge is -2.65. The van der Waals surface area contributed by atoms with Gasteiger partial charge in [-0.1, -0.05) is 67.6 Å². The molecule has 3 aromatic rings. The molecule has 0 radical (unpaired) electrons. The van der Waals surface area contributed by atoms with Crippen LogP contribution in [0.25, 0.3) is 11.1 Å². The zero-order valence-electron chi connectivity index (χ0n) is 21.2. The summed E-state index contributed by atoms with van der Waals surface area (Å²) in [4.78, 5) is 7.39. The molecule has 0 saturated carbocycles. The maximum atomic E-state index is 2.52. The van der Waals surface area contributed by atoms with Gasteiger partial charge in [0.05, 0.1) is 24.1 Å². The maximum Gasteiger partial charge on any atom is 0.183 e. The summed E-state index contributed by atoms with van der Waals surface area (Å²) >= 11 is 0. The standard InChI is InChI=1S/C31H33N4/c1-30-25-16-15-23(22-11-7-6-8-12-22)21-27(25)35(5)20-19-33(4)29(35)31(30,2)24-13-9-10-14-26(24)34-18-17-32(3)28(30)34/h6-21,28-29H,1-5H3/q+1/t28-,29?,30?,31+,35?/m0/s1. The molecule has 176 valence electrons. The lowest BCUT2D eigenvalue weighted by Crippen LogP contribution is -2.77. The summed E-state index contributed by atoms with van der Waals surface area (Å²) in [6, 6.07) is 27.1. The van der Waals surface area contributed by atoms with Gasteiger partial charge in [0.15, 0.2) is 6.17 Å². The van der Waals surface area contributed by atoms with Crippen molar-refractivity contribution in [1.82, 2.24) is 14.3 Å². The number of nitrogens with zero attached hydrogens (tertiary/aromatic N) is 4. The molecule has 0 aromatic heterocycles. The Morgan fingerprint density at radius 3 is 2.26 bits per heavy atom.